The monoisotopic (exact) mass is 360 g/mol. The van der Waals surface area contributed by atoms with E-state index in [4.69, 9.17) is 0 Å². The maximum Gasteiger partial charge on any atom is 0.244 e. The normalized spacial score (nSPS) is 16.1. The third kappa shape index (κ3) is 2.25. The van der Waals surface area contributed by atoms with Crippen LogP contribution in [0.3, 0.4) is 0 Å². The van der Waals surface area contributed by atoms with E-state index in [1.54, 1.807) is 6.33 Å². The van der Waals surface area contributed by atoms with Crippen molar-refractivity contribution in [2.24, 2.45) is 0 Å². The lowest BCUT2D eigenvalue weighted by molar-refractivity contribution is 0.335. The second-order valence-corrected chi connectivity index (χ2v) is 7.11. The largest absolute Gasteiger partial charge is 0.315 e. The zero-order valence-corrected chi connectivity index (χ0v) is 12.6. The van der Waals surface area contributed by atoms with E-state index in [-0.39, 0.29) is 15.9 Å². The van der Waals surface area contributed by atoms with E-state index >= 15 is 0 Å². The molecule has 0 fully saturated rings. The summed E-state index contributed by atoms with van der Waals surface area (Å²) in [5.74, 6) is 0.104. The van der Waals surface area contributed by atoms with Crippen LogP contribution >= 0.6 is 15.9 Å². The minimum Gasteiger partial charge on any atom is -0.315 e. The van der Waals surface area contributed by atoms with Gasteiger partial charge in [0.2, 0.25) is 10.0 Å². The van der Waals surface area contributed by atoms with Gasteiger partial charge in [0.05, 0.1) is 11.4 Å². The summed E-state index contributed by atoms with van der Waals surface area (Å²) in [4.78, 5) is 0.0480. The zero-order chi connectivity index (χ0) is 14.3. The molecular formula is C11H10BrFN4O2S. The lowest BCUT2D eigenvalue weighted by Gasteiger charge is -2.26. The number of sulfonamides is 1. The number of rotatable bonds is 2. The Morgan fingerprint density at radius 3 is 2.85 bits per heavy atom. The summed E-state index contributed by atoms with van der Waals surface area (Å²) >= 11 is 3.09. The van der Waals surface area contributed by atoms with E-state index in [9.17, 15) is 12.8 Å². The number of hydrogen-bond acceptors (Lipinski definition) is 4. The molecule has 2 aromatic rings. The Kier molecular flexibility index (Phi) is 3.35. The van der Waals surface area contributed by atoms with Crippen LogP contribution in [0.5, 0.6) is 0 Å². The highest BCUT2D eigenvalue weighted by atomic mass is 79.9. The van der Waals surface area contributed by atoms with E-state index in [0.717, 1.165) is 12.1 Å². The predicted molar refractivity (Wildman–Crippen MR) is 71.7 cm³/mol. The first kappa shape index (κ1) is 13.7. The third-order valence-corrected chi connectivity index (χ3v) is 5.94. The molecule has 0 N–H and O–H groups in total. The van der Waals surface area contributed by atoms with Crippen molar-refractivity contribution in [3.63, 3.8) is 0 Å². The fourth-order valence-electron chi connectivity index (χ4n) is 2.07. The number of aromatic nitrogens is 3. The Balaban J connectivity index is 1.97. The van der Waals surface area contributed by atoms with Crippen molar-refractivity contribution in [2.45, 2.75) is 18.0 Å². The van der Waals surface area contributed by atoms with Gasteiger partial charge in [-0.25, -0.2) is 12.8 Å². The van der Waals surface area contributed by atoms with Crippen molar-refractivity contribution < 1.29 is 12.8 Å². The Bertz CT molecular complexity index is 762. The van der Waals surface area contributed by atoms with Gasteiger partial charge in [0.15, 0.2) is 0 Å². The van der Waals surface area contributed by atoms with Crippen LogP contribution in [0.25, 0.3) is 0 Å². The van der Waals surface area contributed by atoms with E-state index in [1.807, 2.05) is 4.57 Å². The Morgan fingerprint density at radius 2 is 2.10 bits per heavy atom. The molecule has 6 nitrogen and oxygen atoms in total. The van der Waals surface area contributed by atoms with Crippen LogP contribution in [0.15, 0.2) is 33.9 Å². The lowest BCUT2D eigenvalue weighted by atomic mass is 10.3. The first-order valence-corrected chi connectivity index (χ1v) is 8.03. The molecule has 0 atom stereocenters. The zero-order valence-electron chi connectivity index (χ0n) is 10.2. The molecule has 0 saturated carbocycles. The van der Waals surface area contributed by atoms with Crippen LogP contribution in [0.4, 0.5) is 4.39 Å². The summed E-state index contributed by atoms with van der Waals surface area (Å²) < 4.78 is 41.5. The van der Waals surface area contributed by atoms with Crippen LogP contribution in [-0.4, -0.2) is 34.0 Å². The number of nitrogens with zero attached hydrogens (tertiary/aromatic N) is 4. The molecule has 0 spiro atoms. The van der Waals surface area contributed by atoms with Gasteiger partial charge in [0.25, 0.3) is 0 Å². The van der Waals surface area contributed by atoms with Crippen molar-refractivity contribution >= 4 is 26.0 Å². The van der Waals surface area contributed by atoms with Crippen molar-refractivity contribution in [3.05, 3.63) is 40.6 Å². The third-order valence-electron chi connectivity index (χ3n) is 3.12. The van der Waals surface area contributed by atoms with E-state index in [1.165, 1.54) is 10.4 Å². The molecule has 0 saturated heterocycles. The molecule has 0 radical (unpaired) electrons. The molecule has 1 aromatic heterocycles. The van der Waals surface area contributed by atoms with Gasteiger partial charge < -0.3 is 4.57 Å². The number of fused-ring (bicyclic) bond motifs is 1. The van der Waals surface area contributed by atoms with Crippen molar-refractivity contribution in [3.8, 4) is 0 Å². The maximum absolute atomic E-state index is 13.1. The number of benzene rings is 1. The van der Waals surface area contributed by atoms with Gasteiger partial charge >= 0.3 is 0 Å². The van der Waals surface area contributed by atoms with Gasteiger partial charge in [0, 0.05) is 17.6 Å². The standard InChI is InChI=1S/C11H10BrFN4O2S/c12-9-5-8(13)1-2-10(9)20(18,19)17-4-3-16-7-14-15-11(16)6-17/h1-2,5,7H,3-4,6H2. The highest BCUT2D eigenvalue weighted by molar-refractivity contribution is 9.10. The van der Waals surface area contributed by atoms with Gasteiger partial charge in [-0.1, -0.05) is 0 Å². The second-order valence-electron chi connectivity index (χ2n) is 4.35. The molecule has 2 heterocycles. The van der Waals surface area contributed by atoms with Gasteiger partial charge in [-0.3, -0.25) is 0 Å². The highest BCUT2D eigenvalue weighted by Gasteiger charge is 2.30. The van der Waals surface area contributed by atoms with Gasteiger partial charge in [-0.05, 0) is 34.1 Å². The van der Waals surface area contributed by atoms with Crippen LogP contribution in [0.1, 0.15) is 5.82 Å². The first-order valence-electron chi connectivity index (χ1n) is 5.80. The smallest absolute Gasteiger partial charge is 0.244 e. The average Bonchev–Trinajstić information content (AvgIpc) is 2.85. The number of halogens is 2. The lowest BCUT2D eigenvalue weighted by Crippen LogP contribution is -2.38. The minimum absolute atomic E-state index is 0.0480. The van der Waals surface area contributed by atoms with Crippen LogP contribution in [-0.2, 0) is 23.1 Å². The minimum atomic E-state index is -3.69. The van der Waals surface area contributed by atoms with Crippen molar-refractivity contribution in [2.75, 3.05) is 6.54 Å². The fourth-order valence-corrected chi connectivity index (χ4v) is 4.47. The highest BCUT2D eigenvalue weighted by Crippen LogP contribution is 2.27. The Labute approximate surface area is 123 Å². The van der Waals surface area contributed by atoms with Gasteiger partial charge in [-0.2, -0.15) is 4.31 Å². The second kappa shape index (κ2) is 4.90. The Hall–Kier alpha value is -1.32. The van der Waals surface area contributed by atoms with Crippen LogP contribution < -0.4 is 0 Å². The maximum atomic E-state index is 13.1. The van der Waals surface area contributed by atoms with Crippen molar-refractivity contribution in [1.82, 2.24) is 19.1 Å². The summed E-state index contributed by atoms with van der Waals surface area (Å²) in [7, 11) is -3.69. The molecule has 20 heavy (non-hydrogen) atoms. The molecule has 1 aromatic carbocycles. The van der Waals surface area contributed by atoms with Crippen molar-refractivity contribution in [1.29, 1.82) is 0 Å². The molecule has 0 bridgehead atoms. The predicted octanol–water partition coefficient (Wildman–Crippen LogP) is 1.38. The molecule has 106 valence electrons. The fraction of sp³-hybridized carbons (Fsp3) is 0.273. The molecular weight excluding hydrogens is 351 g/mol. The molecule has 1 aliphatic heterocycles. The first-order chi connectivity index (χ1) is 9.48. The average molecular weight is 361 g/mol. The quantitative estimate of drug-likeness (QED) is 0.811. The van der Waals surface area contributed by atoms with E-state index in [2.05, 4.69) is 26.1 Å². The molecule has 0 unspecified atom stereocenters. The molecule has 9 heteroatoms. The summed E-state index contributed by atoms with van der Waals surface area (Å²) in [5.41, 5.74) is 0. The van der Waals surface area contributed by atoms with Crippen LogP contribution in [0, 0.1) is 5.82 Å². The van der Waals surface area contributed by atoms with E-state index in [0.29, 0.717) is 18.9 Å². The summed E-state index contributed by atoms with van der Waals surface area (Å²) in [6.45, 7) is 0.990. The van der Waals surface area contributed by atoms with Crippen LogP contribution in [0.2, 0.25) is 0 Å². The summed E-state index contributed by atoms with van der Waals surface area (Å²) in [6, 6.07) is 3.53. The molecule has 0 aliphatic carbocycles. The Morgan fingerprint density at radius 1 is 1.30 bits per heavy atom. The van der Waals surface area contributed by atoms with E-state index < -0.39 is 15.8 Å². The molecule has 0 amide bonds. The molecule has 3 rings (SSSR count). The number of hydrogen-bond donors (Lipinski definition) is 0. The topological polar surface area (TPSA) is 68.1 Å². The SMILES string of the molecule is O=S(=O)(c1ccc(F)cc1Br)N1CCn2cnnc2C1. The molecule has 1 aliphatic rings. The van der Waals surface area contributed by atoms with Gasteiger partial charge in [-0.15, -0.1) is 10.2 Å². The van der Waals surface area contributed by atoms with Gasteiger partial charge in [0.1, 0.15) is 18.0 Å². The summed E-state index contributed by atoms with van der Waals surface area (Å²) in [6.07, 6.45) is 1.58. The summed E-state index contributed by atoms with van der Waals surface area (Å²) in [5, 5.41) is 7.64.